The average molecular weight is 246 g/mol. The number of carbonyl (C=O) groups excluding carboxylic acids is 1. The van der Waals surface area contributed by atoms with Gasteiger partial charge < -0.3 is 14.6 Å². The molecule has 0 radical (unpaired) electrons. The highest BCUT2D eigenvalue weighted by Gasteiger charge is 2.13. The number of nitrogens with zero attached hydrogens (tertiary/aromatic N) is 1. The topological polar surface area (TPSA) is 45.3 Å². The van der Waals surface area contributed by atoms with Crippen LogP contribution in [0.1, 0.15) is 12.1 Å². The van der Waals surface area contributed by atoms with E-state index in [1.807, 2.05) is 26.1 Å². The molecule has 1 aromatic heterocycles. The molecule has 0 unspecified atom stereocenters. The number of anilines is 1. The lowest BCUT2D eigenvalue weighted by atomic mass is 10.2. The van der Waals surface area contributed by atoms with Crippen molar-refractivity contribution in [3.05, 3.63) is 30.0 Å². The Kier molecular flexibility index (Phi) is 3.55. The van der Waals surface area contributed by atoms with Crippen molar-refractivity contribution in [1.82, 2.24) is 4.98 Å². The van der Waals surface area contributed by atoms with E-state index in [9.17, 15) is 4.79 Å². The van der Waals surface area contributed by atoms with Gasteiger partial charge in [0.1, 0.15) is 0 Å². The van der Waals surface area contributed by atoms with Crippen LogP contribution in [0.4, 0.5) is 5.69 Å². The quantitative estimate of drug-likeness (QED) is 0.843. The molecular formula is C14H18N2O2. The number of carbonyl (C=O) groups is 1. The lowest BCUT2D eigenvalue weighted by Crippen LogP contribution is -2.22. The van der Waals surface area contributed by atoms with Crippen LogP contribution in [0, 0.1) is 6.92 Å². The van der Waals surface area contributed by atoms with E-state index in [-0.39, 0.29) is 5.97 Å². The molecule has 4 heteroatoms. The first-order valence-electron chi connectivity index (χ1n) is 5.98. The fourth-order valence-corrected chi connectivity index (χ4v) is 2.23. The van der Waals surface area contributed by atoms with E-state index >= 15 is 0 Å². The summed E-state index contributed by atoms with van der Waals surface area (Å²) in [4.78, 5) is 16.6. The van der Waals surface area contributed by atoms with Crippen molar-refractivity contribution in [3.63, 3.8) is 0 Å². The van der Waals surface area contributed by atoms with Crippen LogP contribution in [0.15, 0.2) is 24.3 Å². The summed E-state index contributed by atoms with van der Waals surface area (Å²) < 4.78 is 4.66. The van der Waals surface area contributed by atoms with Crippen molar-refractivity contribution < 1.29 is 9.53 Å². The molecule has 0 aliphatic heterocycles. The minimum atomic E-state index is -0.181. The fraction of sp³-hybridized carbons (Fsp3) is 0.357. The summed E-state index contributed by atoms with van der Waals surface area (Å²) in [6.07, 6.45) is 0.395. The number of aromatic nitrogens is 1. The number of fused-ring (bicyclic) bond motifs is 1. The van der Waals surface area contributed by atoms with Gasteiger partial charge in [-0.05, 0) is 13.0 Å². The van der Waals surface area contributed by atoms with Gasteiger partial charge in [0.25, 0.3) is 0 Å². The molecule has 1 aromatic carbocycles. The Morgan fingerprint density at radius 2 is 2.11 bits per heavy atom. The SMILES string of the molecule is COC(=O)CCN(C)c1c(C)[nH]c2ccccc12. The highest BCUT2D eigenvalue weighted by Crippen LogP contribution is 2.29. The number of para-hydroxylation sites is 1. The first-order chi connectivity index (χ1) is 8.63. The molecule has 1 N–H and O–H groups in total. The van der Waals surface area contributed by atoms with Crippen LogP contribution in [0.5, 0.6) is 0 Å². The third-order valence-electron chi connectivity index (χ3n) is 3.12. The number of aryl methyl sites for hydroxylation is 1. The van der Waals surface area contributed by atoms with E-state index < -0.39 is 0 Å². The summed E-state index contributed by atoms with van der Waals surface area (Å²) in [5.41, 5.74) is 3.38. The second-order valence-electron chi connectivity index (χ2n) is 4.39. The number of hydrogen-bond donors (Lipinski definition) is 1. The van der Waals surface area contributed by atoms with Crippen molar-refractivity contribution in [1.29, 1.82) is 0 Å². The van der Waals surface area contributed by atoms with E-state index in [0.29, 0.717) is 13.0 Å². The third kappa shape index (κ3) is 2.32. The minimum absolute atomic E-state index is 0.181. The first kappa shape index (κ1) is 12.5. The standard InChI is InChI=1S/C14H18N2O2/c1-10-14(16(2)9-8-13(17)18-3)11-6-4-5-7-12(11)15-10/h4-7,15H,8-9H2,1-3H3. The van der Waals surface area contributed by atoms with Gasteiger partial charge in [0.05, 0.1) is 19.2 Å². The van der Waals surface area contributed by atoms with Gasteiger partial charge in [0.2, 0.25) is 0 Å². The number of aromatic amines is 1. The summed E-state index contributed by atoms with van der Waals surface area (Å²) in [5, 5.41) is 1.18. The second kappa shape index (κ2) is 5.12. The van der Waals surface area contributed by atoms with Crippen molar-refractivity contribution in [2.24, 2.45) is 0 Å². The van der Waals surface area contributed by atoms with Crippen LogP contribution < -0.4 is 4.90 Å². The number of esters is 1. The Hall–Kier alpha value is -1.97. The predicted molar refractivity (Wildman–Crippen MR) is 72.9 cm³/mol. The zero-order valence-corrected chi connectivity index (χ0v) is 11.0. The van der Waals surface area contributed by atoms with Crippen LogP contribution in [-0.2, 0) is 9.53 Å². The zero-order valence-electron chi connectivity index (χ0n) is 11.0. The van der Waals surface area contributed by atoms with Crippen molar-refractivity contribution in [2.45, 2.75) is 13.3 Å². The van der Waals surface area contributed by atoms with Crippen LogP contribution in [0.2, 0.25) is 0 Å². The van der Waals surface area contributed by atoms with E-state index in [4.69, 9.17) is 0 Å². The molecule has 0 saturated heterocycles. The molecule has 18 heavy (non-hydrogen) atoms. The number of rotatable bonds is 4. The molecule has 0 amide bonds. The molecule has 0 spiro atoms. The summed E-state index contributed by atoms with van der Waals surface area (Å²) in [5.74, 6) is -0.181. The molecular weight excluding hydrogens is 228 g/mol. The van der Waals surface area contributed by atoms with Crippen LogP contribution >= 0.6 is 0 Å². The highest BCUT2D eigenvalue weighted by molar-refractivity contribution is 5.94. The molecule has 0 aliphatic carbocycles. The number of benzene rings is 1. The predicted octanol–water partition coefficient (Wildman–Crippen LogP) is 2.48. The number of methoxy groups -OCH3 is 1. The maximum absolute atomic E-state index is 11.2. The molecule has 96 valence electrons. The molecule has 0 atom stereocenters. The molecule has 1 heterocycles. The van der Waals surface area contributed by atoms with E-state index in [2.05, 4.69) is 26.8 Å². The molecule has 0 bridgehead atoms. The van der Waals surface area contributed by atoms with Crippen molar-refractivity contribution in [2.75, 3.05) is 25.6 Å². The van der Waals surface area contributed by atoms with E-state index in [1.165, 1.54) is 12.5 Å². The molecule has 2 aromatic rings. The molecule has 2 rings (SSSR count). The van der Waals surface area contributed by atoms with Crippen LogP contribution in [-0.4, -0.2) is 31.7 Å². The smallest absolute Gasteiger partial charge is 0.307 e. The average Bonchev–Trinajstić information content (AvgIpc) is 2.71. The maximum atomic E-state index is 11.2. The minimum Gasteiger partial charge on any atom is -0.469 e. The zero-order chi connectivity index (χ0) is 13.1. The van der Waals surface area contributed by atoms with Gasteiger partial charge in [-0.3, -0.25) is 4.79 Å². The third-order valence-corrected chi connectivity index (χ3v) is 3.12. The lowest BCUT2D eigenvalue weighted by molar-refractivity contribution is -0.140. The fourth-order valence-electron chi connectivity index (χ4n) is 2.23. The van der Waals surface area contributed by atoms with Crippen molar-refractivity contribution >= 4 is 22.6 Å². The Balaban J connectivity index is 2.24. The van der Waals surface area contributed by atoms with Gasteiger partial charge in [-0.1, -0.05) is 18.2 Å². The summed E-state index contributed by atoms with van der Waals surface area (Å²) in [6.45, 7) is 2.69. The van der Waals surface area contributed by atoms with Gasteiger partial charge in [-0.15, -0.1) is 0 Å². The molecule has 0 saturated carbocycles. The van der Waals surface area contributed by atoms with Gasteiger partial charge in [-0.2, -0.15) is 0 Å². The van der Waals surface area contributed by atoms with Crippen molar-refractivity contribution in [3.8, 4) is 0 Å². The largest absolute Gasteiger partial charge is 0.469 e. The summed E-state index contributed by atoms with van der Waals surface area (Å²) in [6, 6.07) is 8.17. The second-order valence-corrected chi connectivity index (χ2v) is 4.39. The summed E-state index contributed by atoms with van der Waals surface area (Å²) in [7, 11) is 3.41. The van der Waals surface area contributed by atoms with Crippen LogP contribution in [0.3, 0.4) is 0 Å². The van der Waals surface area contributed by atoms with Gasteiger partial charge in [0.15, 0.2) is 0 Å². The molecule has 4 nitrogen and oxygen atoms in total. The highest BCUT2D eigenvalue weighted by atomic mass is 16.5. The Bertz CT molecular complexity index is 560. The molecule has 0 aliphatic rings. The lowest BCUT2D eigenvalue weighted by Gasteiger charge is -2.19. The number of hydrogen-bond acceptors (Lipinski definition) is 3. The van der Waals surface area contributed by atoms with Gasteiger partial charge in [-0.25, -0.2) is 0 Å². The van der Waals surface area contributed by atoms with Crippen LogP contribution in [0.25, 0.3) is 10.9 Å². The summed E-state index contributed by atoms with van der Waals surface area (Å²) >= 11 is 0. The maximum Gasteiger partial charge on any atom is 0.307 e. The van der Waals surface area contributed by atoms with E-state index in [0.717, 1.165) is 16.9 Å². The Morgan fingerprint density at radius 1 is 1.39 bits per heavy atom. The number of ether oxygens (including phenoxy) is 1. The van der Waals surface area contributed by atoms with Gasteiger partial charge >= 0.3 is 5.97 Å². The van der Waals surface area contributed by atoms with E-state index in [1.54, 1.807) is 0 Å². The Morgan fingerprint density at radius 3 is 2.83 bits per heavy atom. The number of nitrogens with one attached hydrogen (secondary N) is 1. The monoisotopic (exact) mass is 246 g/mol. The molecule has 0 fully saturated rings. The van der Waals surface area contributed by atoms with Gasteiger partial charge in [0, 0.05) is 30.2 Å². The Labute approximate surface area is 107 Å². The normalized spacial score (nSPS) is 10.6. The number of H-pyrrole nitrogens is 1. The first-order valence-corrected chi connectivity index (χ1v) is 5.98.